The summed E-state index contributed by atoms with van der Waals surface area (Å²) in [7, 11) is 0. The summed E-state index contributed by atoms with van der Waals surface area (Å²) in [5.74, 6) is 0.351. The fraction of sp³-hybridized carbons (Fsp3) is 0.0476. The van der Waals surface area contributed by atoms with Crippen LogP contribution in [0.15, 0.2) is 73.1 Å². The Morgan fingerprint density at radius 2 is 1.70 bits per heavy atom. The van der Waals surface area contributed by atoms with E-state index in [1.165, 1.54) is 29.0 Å². The van der Waals surface area contributed by atoms with Gasteiger partial charge in [0.15, 0.2) is 5.65 Å². The van der Waals surface area contributed by atoms with Crippen molar-refractivity contribution in [1.82, 2.24) is 24.8 Å². The summed E-state index contributed by atoms with van der Waals surface area (Å²) in [5.41, 5.74) is 0.268. The van der Waals surface area contributed by atoms with Crippen LogP contribution in [0.3, 0.4) is 0 Å². The predicted molar refractivity (Wildman–Crippen MR) is 106 cm³/mol. The highest BCUT2D eigenvalue weighted by atomic mass is 19.4. The number of rotatable bonds is 3. The largest absolute Gasteiger partial charge is 0.418 e. The molecule has 0 fully saturated rings. The maximum Gasteiger partial charge on any atom is 0.418 e. The van der Waals surface area contributed by atoms with E-state index in [2.05, 4.69) is 25.6 Å². The number of nitrogens with zero attached hydrogens (tertiary/aromatic N) is 5. The van der Waals surface area contributed by atoms with Crippen LogP contribution in [0.1, 0.15) is 5.56 Å². The van der Waals surface area contributed by atoms with Gasteiger partial charge in [-0.05, 0) is 41.1 Å². The molecule has 6 nitrogen and oxygen atoms in total. The van der Waals surface area contributed by atoms with Crippen LogP contribution in [0.4, 0.5) is 24.8 Å². The fourth-order valence-electron chi connectivity index (χ4n) is 3.26. The van der Waals surface area contributed by atoms with Crippen LogP contribution in [0.5, 0.6) is 0 Å². The predicted octanol–water partition coefficient (Wildman–Crippen LogP) is 5.10. The van der Waals surface area contributed by atoms with Crippen molar-refractivity contribution in [2.24, 2.45) is 0 Å². The molecule has 0 amide bonds. The number of aromatic nitrogens is 5. The molecule has 5 aromatic rings. The van der Waals surface area contributed by atoms with Crippen LogP contribution < -0.4 is 5.32 Å². The number of benzene rings is 2. The Morgan fingerprint density at radius 1 is 0.867 bits per heavy atom. The monoisotopic (exact) mass is 406 g/mol. The molecule has 148 valence electrons. The molecular weight excluding hydrogens is 393 g/mol. The molecule has 0 spiro atoms. The second-order valence-electron chi connectivity index (χ2n) is 6.62. The number of pyridine rings is 1. The van der Waals surface area contributed by atoms with Gasteiger partial charge in [0.2, 0.25) is 5.95 Å². The van der Waals surface area contributed by atoms with Gasteiger partial charge in [-0.25, -0.2) is 0 Å². The van der Waals surface area contributed by atoms with Crippen LogP contribution in [-0.4, -0.2) is 24.8 Å². The second-order valence-corrected chi connectivity index (χ2v) is 6.62. The molecule has 0 atom stereocenters. The molecule has 0 aliphatic carbocycles. The fourth-order valence-corrected chi connectivity index (χ4v) is 3.26. The van der Waals surface area contributed by atoms with Crippen LogP contribution in [0.25, 0.3) is 27.7 Å². The van der Waals surface area contributed by atoms with E-state index in [0.29, 0.717) is 11.6 Å². The van der Waals surface area contributed by atoms with Crippen molar-refractivity contribution in [3.8, 4) is 11.3 Å². The molecule has 2 aromatic carbocycles. The molecule has 0 unspecified atom stereocenters. The third-order valence-electron chi connectivity index (χ3n) is 4.65. The van der Waals surface area contributed by atoms with Crippen LogP contribution in [0.2, 0.25) is 0 Å². The Kier molecular flexibility index (Phi) is 4.09. The van der Waals surface area contributed by atoms with Gasteiger partial charge < -0.3 is 5.32 Å². The van der Waals surface area contributed by atoms with Gasteiger partial charge in [0.05, 0.1) is 17.5 Å². The smallest absolute Gasteiger partial charge is 0.323 e. The molecule has 0 saturated heterocycles. The summed E-state index contributed by atoms with van der Waals surface area (Å²) in [6, 6.07) is 17.5. The van der Waals surface area contributed by atoms with E-state index in [4.69, 9.17) is 0 Å². The lowest BCUT2D eigenvalue weighted by atomic mass is 10.1. The van der Waals surface area contributed by atoms with Gasteiger partial charge in [0.1, 0.15) is 0 Å². The number of hydrogen-bond donors (Lipinski definition) is 1. The highest BCUT2D eigenvalue weighted by Gasteiger charge is 2.34. The summed E-state index contributed by atoms with van der Waals surface area (Å²) < 4.78 is 41.3. The zero-order chi connectivity index (χ0) is 20.7. The minimum atomic E-state index is -4.52. The quantitative estimate of drug-likeness (QED) is 0.451. The molecule has 0 saturated carbocycles. The summed E-state index contributed by atoms with van der Waals surface area (Å²) in [6.07, 6.45) is -1.89. The first-order chi connectivity index (χ1) is 14.5. The van der Waals surface area contributed by atoms with Crippen molar-refractivity contribution in [2.75, 3.05) is 5.32 Å². The summed E-state index contributed by atoms with van der Waals surface area (Å²) in [4.78, 5) is 3.89. The van der Waals surface area contributed by atoms with Gasteiger partial charge in [-0.3, -0.25) is 4.98 Å². The molecule has 3 aromatic heterocycles. The second kappa shape index (κ2) is 6.80. The first-order valence-electron chi connectivity index (χ1n) is 8.99. The Morgan fingerprint density at radius 3 is 2.53 bits per heavy atom. The minimum absolute atomic E-state index is 0.202. The minimum Gasteiger partial charge on any atom is -0.323 e. The number of alkyl halides is 3. The van der Waals surface area contributed by atoms with E-state index in [1.807, 2.05) is 42.5 Å². The van der Waals surface area contributed by atoms with Crippen LogP contribution in [-0.2, 0) is 6.18 Å². The highest BCUT2D eigenvalue weighted by molar-refractivity contribution is 5.86. The van der Waals surface area contributed by atoms with Crippen molar-refractivity contribution in [3.63, 3.8) is 0 Å². The highest BCUT2D eigenvalue weighted by Crippen LogP contribution is 2.35. The van der Waals surface area contributed by atoms with Gasteiger partial charge in [0.25, 0.3) is 0 Å². The van der Waals surface area contributed by atoms with Crippen molar-refractivity contribution < 1.29 is 13.2 Å². The topological polar surface area (TPSA) is 68.0 Å². The van der Waals surface area contributed by atoms with Crippen molar-refractivity contribution in [1.29, 1.82) is 0 Å². The van der Waals surface area contributed by atoms with Crippen molar-refractivity contribution in [3.05, 3.63) is 78.6 Å². The van der Waals surface area contributed by atoms with Gasteiger partial charge in [-0.1, -0.05) is 30.3 Å². The van der Waals surface area contributed by atoms with Crippen LogP contribution in [0, 0.1) is 0 Å². The first kappa shape index (κ1) is 18.0. The van der Waals surface area contributed by atoms with Gasteiger partial charge in [0, 0.05) is 17.4 Å². The average molecular weight is 406 g/mol. The van der Waals surface area contributed by atoms with E-state index in [0.717, 1.165) is 22.5 Å². The molecule has 30 heavy (non-hydrogen) atoms. The summed E-state index contributed by atoms with van der Waals surface area (Å²) >= 11 is 0. The van der Waals surface area contributed by atoms with Crippen molar-refractivity contribution >= 4 is 28.1 Å². The molecule has 0 bridgehead atoms. The lowest BCUT2D eigenvalue weighted by Crippen LogP contribution is -2.08. The zero-order valence-electron chi connectivity index (χ0n) is 15.3. The standard InChI is InChI=1S/C21H13F3N6/c22-21(23,24)17-6-3-9-25-19(17)15-11-18-28-29-20(30(18)26-12-15)27-16-8-7-13-4-1-2-5-14(13)10-16/h1-12H,(H,27,29). The number of anilines is 2. The Balaban J connectivity index is 1.51. The van der Waals surface area contributed by atoms with Gasteiger partial charge >= 0.3 is 6.18 Å². The van der Waals surface area contributed by atoms with E-state index < -0.39 is 11.7 Å². The van der Waals surface area contributed by atoms with E-state index in [1.54, 1.807) is 0 Å². The van der Waals surface area contributed by atoms with E-state index in [9.17, 15) is 13.2 Å². The normalized spacial score (nSPS) is 11.8. The first-order valence-corrected chi connectivity index (χ1v) is 8.99. The SMILES string of the molecule is FC(F)(F)c1cccnc1-c1cnn2c(Nc3ccc4ccccc4c3)nnc2c1. The zero-order valence-corrected chi connectivity index (χ0v) is 15.3. The third-order valence-corrected chi connectivity index (χ3v) is 4.65. The average Bonchev–Trinajstić information content (AvgIpc) is 3.15. The maximum atomic E-state index is 13.3. The Labute approximate surface area is 168 Å². The number of halogens is 3. The molecule has 0 aliphatic heterocycles. The number of fused-ring (bicyclic) bond motifs is 2. The lowest BCUT2D eigenvalue weighted by Gasteiger charge is -2.11. The van der Waals surface area contributed by atoms with E-state index in [-0.39, 0.29) is 11.3 Å². The lowest BCUT2D eigenvalue weighted by molar-refractivity contribution is -0.137. The number of hydrogen-bond acceptors (Lipinski definition) is 5. The molecule has 9 heteroatoms. The Hall–Kier alpha value is -4.01. The van der Waals surface area contributed by atoms with Gasteiger partial charge in [-0.15, -0.1) is 10.2 Å². The summed E-state index contributed by atoms with van der Waals surface area (Å²) in [5, 5.41) is 17.6. The molecule has 5 rings (SSSR count). The summed E-state index contributed by atoms with van der Waals surface area (Å²) in [6.45, 7) is 0. The Bertz CT molecular complexity index is 1380. The third kappa shape index (κ3) is 3.20. The molecule has 0 radical (unpaired) electrons. The number of nitrogens with one attached hydrogen (secondary N) is 1. The van der Waals surface area contributed by atoms with Crippen LogP contribution >= 0.6 is 0 Å². The molecule has 3 heterocycles. The van der Waals surface area contributed by atoms with Gasteiger partial charge in [-0.2, -0.15) is 22.8 Å². The molecule has 0 aliphatic rings. The van der Waals surface area contributed by atoms with E-state index >= 15 is 0 Å². The molecule has 1 N–H and O–H groups in total. The molecular formula is C21H13F3N6. The van der Waals surface area contributed by atoms with Crippen molar-refractivity contribution in [2.45, 2.75) is 6.18 Å². The maximum absolute atomic E-state index is 13.3.